The van der Waals surface area contributed by atoms with E-state index in [2.05, 4.69) is 24.1 Å². The fourth-order valence-electron chi connectivity index (χ4n) is 3.28. The van der Waals surface area contributed by atoms with Crippen LogP contribution in [0.15, 0.2) is 0 Å². The number of nitrogens with zero attached hydrogens (tertiary/aromatic N) is 2. The summed E-state index contributed by atoms with van der Waals surface area (Å²) in [5.74, 6) is 1.07. The van der Waals surface area contributed by atoms with E-state index in [4.69, 9.17) is 0 Å². The Morgan fingerprint density at radius 3 is 2.45 bits per heavy atom. The summed E-state index contributed by atoms with van der Waals surface area (Å²) < 4.78 is 24.8. The first-order valence-corrected chi connectivity index (χ1v) is 9.97. The minimum absolute atomic E-state index is 0.0820. The van der Waals surface area contributed by atoms with Gasteiger partial charge in [0.1, 0.15) is 0 Å². The van der Waals surface area contributed by atoms with Crippen LogP contribution in [0, 0.1) is 11.8 Å². The van der Waals surface area contributed by atoms with Gasteiger partial charge in [-0.2, -0.15) is 0 Å². The minimum Gasteiger partial charge on any atom is -0.355 e. The second-order valence-corrected chi connectivity index (χ2v) is 8.92. The normalized spacial score (nSPS) is 24.0. The van der Waals surface area contributed by atoms with Crippen molar-refractivity contribution in [3.8, 4) is 0 Å². The van der Waals surface area contributed by atoms with Crippen molar-refractivity contribution < 1.29 is 13.2 Å². The average Bonchev–Trinajstić information content (AvgIpc) is 2.78. The highest BCUT2D eigenvalue weighted by Crippen LogP contribution is 2.18. The standard InChI is InChI=1S/C15H29N3O3S/c1-13(2)12-17-8-4-14(5-9-17)15(19)16-6-10-18-7-3-11-22(18,20)21/h13-14H,3-12H2,1-2H3,(H,16,19). The Kier molecular flexibility index (Phi) is 6.23. The van der Waals surface area contributed by atoms with Crippen LogP contribution in [0.5, 0.6) is 0 Å². The third kappa shape index (κ3) is 4.93. The van der Waals surface area contributed by atoms with Crippen LogP contribution in [0.4, 0.5) is 0 Å². The van der Waals surface area contributed by atoms with Crippen molar-refractivity contribution in [2.75, 3.05) is 45.0 Å². The number of piperidine rings is 1. The first kappa shape index (κ1) is 17.7. The molecule has 0 aromatic heterocycles. The molecule has 128 valence electrons. The van der Waals surface area contributed by atoms with Crippen LogP contribution in [0.3, 0.4) is 0 Å². The first-order chi connectivity index (χ1) is 10.4. The van der Waals surface area contributed by atoms with E-state index in [9.17, 15) is 13.2 Å². The van der Waals surface area contributed by atoms with Crippen molar-refractivity contribution in [3.63, 3.8) is 0 Å². The lowest BCUT2D eigenvalue weighted by Gasteiger charge is -2.32. The molecular formula is C15H29N3O3S. The van der Waals surface area contributed by atoms with Crippen LogP contribution in [-0.4, -0.2) is 68.6 Å². The minimum atomic E-state index is -3.05. The molecule has 2 fully saturated rings. The van der Waals surface area contributed by atoms with E-state index in [1.165, 1.54) is 4.31 Å². The van der Waals surface area contributed by atoms with Crippen LogP contribution in [0.2, 0.25) is 0 Å². The molecule has 0 aromatic rings. The van der Waals surface area contributed by atoms with E-state index >= 15 is 0 Å². The molecule has 7 heteroatoms. The number of nitrogens with one attached hydrogen (secondary N) is 1. The summed E-state index contributed by atoms with van der Waals surface area (Å²) in [6.45, 7) is 8.90. The molecule has 0 atom stereocenters. The van der Waals surface area contributed by atoms with Gasteiger partial charge in [-0.05, 0) is 38.3 Å². The van der Waals surface area contributed by atoms with Crippen LogP contribution in [0.1, 0.15) is 33.1 Å². The van der Waals surface area contributed by atoms with Crippen LogP contribution < -0.4 is 5.32 Å². The van der Waals surface area contributed by atoms with Gasteiger partial charge in [-0.1, -0.05) is 13.8 Å². The molecule has 22 heavy (non-hydrogen) atoms. The number of hydrogen-bond acceptors (Lipinski definition) is 4. The zero-order chi connectivity index (χ0) is 16.2. The van der Waals surface area contributed by atoms with Crippen molar-refractivity contribution in [3.05, 3.63) is 0 Å². The molecule has 0 radical (unpaired) electrons. The lowest BCUT2D eigenvalue weighted by molar-refractivity contribution is -0.126. The van der Waals surface area contributed by atoms with Crippen LogP contribution >= 0.6 is 0 Å². The molecule has 0 spiro atoms. The summed E-state index contributed by atoms with van der Waals surface area (Å²) in [5.41, 5.74) is 0. The Morgan fingerprint density at radius 1 is 1.23 bits per heavy atom. The molecule has 0 aliphatic carbocycles. The molecule has 1 amide bonds. The molecule has 0 bridgehead atoms. The molecule has 0 aromatic carbocycles. The van der Waals surface area contributed by atoms with E-state index in [-0.39, 0.29) is 17.6 Å². The third-order valence-corrected chi connectivity index (χ3v) is 6.40. The summed E-state index contributed by atoms with van der Waals surface area (Å²) in [7, 11) is -3.05. The van der Waals surface area contributed by atoms with Crippen molar-refractivity contribution in [2.24, 2.45) is 11.8 Å². The van der Waals surface area contributed by atoms with Crippen LogP contribution in [-0.2, 0) is 14.8 Å². The number of hydrogen-bond donors (Lipinski definition) is 1. The fraction of sp³-hybridized carbons (Fsp3) is 0.933. The molecule has 2 heterocycles. The molecule has 2 aliphatic heterocycles. The number of carbonyl (C=O) groups excluding carboxylic acids is 1. The summed E-state index contributed by atoms with van der Waals surface area (Å²) in [6.07, 6.45) is 2.51. The molecular weight excluding hydrogens is 302 g/mol. The Labute approximate surface area is 134 Å². The molecule has 2 aliphatic rings. The van der Waals surface area contributed by atoms with Gasteiger partial charge in [0.15, 0.2) is 0 Å². The van der Waals surface area contributed by atoms with Gasteiger partial charge in [-0.15, -0.1) is 0 Å². The Morgan fingerprint density at radius 2 is 1.91 bits per heavy atom. The van der Waals surface area contributed by atoms with Crippen molar-refractivity contribution in [1.29, 1.82) is 0 Å². The van der Waals surface area contributed by atoms with E-state index in [1.807, 2.05) is 0 Å². The van der Waals surface area contributed by atoms with Gasteiger partial charge in [0.05, 0.1) is 5.75 Å². The summed E-state index contributed by atoms with van der Waals surface area (Å²) >= 11 is 0. The highest BCUT2D eigenvalue weighted by atomic mass is 32.2. The summed E-state index contributed by atoms with van der Waals surface area (Å²) in [4.78, 5) is 14.6. The third-order valence-electron chi connectivity index (χ3n) is 4.45. The zero-order valence-corrected chi connectivity index (χ0v) is 14.6. The predicted octanol–water partition coefficient (Wildman–Crippen LogP) is 0.506. The highest BCUT2D eigenvalue weighted by molar-refractivity contribution is 7.89. The number of carbonyl (C=O) groups is 1. The summed E-state index contributed by atoms with van der Waals surface area (Å²) in [5, 5.41) is 2.91. The second-order valence-electron chi connectivity index (χ2n) is 6.83. The lowest BCUT2D eigenvalue weighted by atomic mass is 9.95. The first-order valence-electron chi connectivity index (χ1n) is 8.36. The van der Waals surface area contributed by atoms with Gasteiger partial charge in [0.2, 0.25) is 15.9 Å². The molecule has 0 unspecified atom stereocenters. The maximum absolute atomic E-state index is 12.2. The number of sulfonamides is 1. The number of amides is 1. The summed E-state index contributed by atoms with van der Waals surface area (Å²) in [6, 6.07) is 0. The lowest BCUT2D eigenvalue weighted by Crippen LogP contribution is -2.43. The average molecular weight is 331 g/mol. The topological polar surface area (TPSA) is 69.7 Å². The van der Waals surface area contributed by atoms with E-state index in [0.717, 1.165) is 32.5 Å². The van der Waals surface area contributed by atoms with Crippen molar-refractivity contribution in [1.82, 2.24) is 14.5 Å². The molecule has 2 rings (SSSR count). The highest BCUT2D eigenvalue weighted by Gasteiger charge is 2.28. The van der Waals surface area contributed by atoms with E-state index in [1.54, 1.807) is 0 Å². The largest absolute Gasteiger partial charge is 0.355 e. The molecule has 1 N–H and O–H groups in total. The van der Waals surface area contributed by atoms with Gasteiger partial charge < -0.3 is 10.2 Å². The second kappa shape index (κ2) is 7.75. The van der Waals surface area contributed by atoms with Crippen molar-refractivity contribution in [2.45, 2.75) is 33.1 Å². The SMILES string of the molecule is CC(C)CN1CCC(C(=O)NCCN2CCCS2(=O)=O)CC1. The van der Waals surface area contributed by atoms with Crippen LogP contribution in [0.25, 0.3) is 0 Å². The fourth-order valence-corrected chi connectivity index (χ4v) is 4.81. The van der Waals surface area contributed by atoms with Gasteiger partial charge in [-0.3, -0.25) is 4.79 Å². The molecule has 6 nitrogen and oxygen atoms in total. The maximum Gasteiger partial charge on any atom is 0.223 e. The smallest absolute Gasteiger partial charge is 0.223 e. The number of likely N-dealkylation sites (tertiary alicyclic amines) is 1. The zero-order valence-electron chi connectivity index (χ0n) is 13.8. The van der Waals surface area contributed by atoms with E-state index in [0.29, 0.717) is 32.0 Å². The van der Waals surface area contributed by atoms with Crippen molar-refractivity contribution >= 4 is 15.9 Å². The number of rotatable bonds is 6. The van der Waals surface area contributed by atoms with Gasteiger partial charge in [0.25, 0.3) is 0 Å². The van der Waals surface area contributed by atoms with Gasteiger partial charge >= 0.3 is 0 Å². The quantitative estimate of drug-likeness (QED) is 0.770. The molecule has 2 saturated heterocycles. The predicted molar refractivity (Wildman–Crippen MR) is 87.0 cm³/mol. The Bertz CT molecular complexity index is 470. The monoisotopic (exact) mass is 331 g/mol. The maximum atomic E-state index is 12.2. The van der Waals surface area contributed by atoms with Gasteiger partial charge in [0, 0.05) is 32.1 Å². The van der Waals surface area contributed by atoms with Gasteiger partial charge in [-0.25, -0.2) is 12.7 Å². The Balaban J connectivity index is 1.66. The van der Waals surface area contributed by atoms with E-state index < -0.39 is 10.0 Å². The Hall–Kier alpha value is -0.660. The molecule has 0 saturated carbocycles.